The predicted molar refractivity (Wildman–Crippen MR) is 105 cm³/mol. The normalized spacial score (nSPS) is 27.4. The molecular weight excluding hydrogens is 380 g/mol. The van der Waals surface area contributed by atoms with Crippen LogP contribution in [0.25, 0.3) is 0 Å². The van der Waals surface area contributed by atoms with Gasteiger partial charge in [-0.25, -0.2) is 0 Å². The van der Waals surface area contributed by atoms with Crippen LogP contribution in [-0.2, 0) is 39.8 Å². The number of hydrogen-bond acceptors (Lipinski definition) is 8. The summed E-state index contributed by atoms with van der Waals surface area (Å²) in [6.07, 6.45) is -2.23. The monoisotopic (exact) mass is 414 g/mol. The number of benzene rings is 1. The van der Waals surface area contributed by atoms with Crippen LogP contribution in [0.5, 0.6) is 0 Å². The van der Waals surface area contributed by atoms with E-state index in [-0.39, 0.29) is 25.9 Å². The molecule has 8 nitrogen and oxygen atoms in total. The van der Waals surface area contributed by atoms with Crippen LogP contribution in [0.2, 0.25) is 0 Å². The zero-order valence-corrected chi connectivity index (χ0v) is 17.7. The molecule has 1 aromatic rings. The summed E-state index contributed by atoms with van der Waals surface area (Å²) in [5, 5.41) is 10.6. The summed E-state index contributed by atoms with van der Waals surface area (Å²) in [4.78, 5) is 0. The second-order valence-electron chi connectivity index (χ2n) is 7.14. The maximum Gasteiger partial charge on any atom is 0.225 e. The first kappa shape index (κ1) is 24.2. The van der Waals surface area contributed by atoms with Gasteiger partial charge < -0.3 is 38.3 Å². The van der Waals surface area contributed by atoms with E-state index in [9.17, 15) is 5.11 Å². The van der Waals surface area contributed by atoms with Gasteiger partial charge in [0.1, 0.15) is 6.10 Å². The molecule has 1 saturated heterocycles. The van der Waals surface area contributed by atoms with Gasteiger partial charge in [0.25, 0.3) is 0 Å². The largest absolute Gasteiger partial charge is 0.390 e. The summed E-state index contributed by atoms with van der Waals surface area (Å²) in [6.45, 7) is 5.23. The van der Waals surface area contributed by atoms with Gasteiger partial charge in [-0.2, -0.15) is 0 Å². The Hall–Kier alpha value is -1.10. The summed E-state index contributed by atoms with van der Waals surface area (Å²) in [7, 11) is 3.09. The van der Waals surface area contributed by atoms with E-state index in [4.69, 9.17) is 33.2 Å². The Morgan fingerprint density at radius 2 is 1.90 bits per heavy atom. The van der Waals surface area contributed by atoms with Crippen molar-refractivity contribution in [3.63, 3.8) is 0 Å². The minimum Gasteiger partial charge on any atom is -0.390 e. The number of aliphatic hydroxyl groups is 1. The van der Waals surface area contributed by atoms with Crippen molar-refractivity contribution >= 4 is 0 Å². The quantitative estimate of drug-likeness (QED) is 0.388. The fraction of sp³-hybridized carbons (Fsp3) is 0.714. The number of aliphatic hydroxyl groups excluding tert-OH is 1. The van der Waals surface area contributed by atoms with Crippen LogP contribution in [0.15, 0.2) is 30.3 Å². The molecule has 0 amide bonds. The van der Waals surface area contributed by atoms with E-state index in [0.29, 0.717) is 19.8 Å². The van der Waals surface area contributed by atoms with Crippen LogP contribution in [0.4, 0.5) is 0 Å². The predicted octanol–water partition coefficient (Wildman–Crippen LogP) is 2.08. The molecular formula is C21H34O8. The van der Waals surface area contributed by atoms with Gasteiger partial charge in [-0.05, 0) is 19.4 Å². The fourth-order valence-corrected chi connectivity index (χ4v) is 2.98. The SMILES string of the molecule is COCCOCOC1(OC)C[C@@H](O)[C@@H](COCc2ccccc2)O[C@H]1OC(C)C. The first-order valence-electron chi connectivity index (χ1n) is 9.87. The first-order chi connectivity index (χ1) is 14.0. The molecule has 1 aromatic carbocycles. The Balaban J connectivity index is 1.95. The van der Waals surface area contributed by atoms with Crippen LogP contribution >= 0.6 is 0 Å². The number of hydrogen-bond donors (Lipinski definition) is 1. The van der Waals surface area contributed by atoms with Crippen LogP contribution in [-0.4, -0.2) is 76.3 Å². The Morgan fingerprint density at radius 1 is 1.14 bits per heavy atom. The molecule has 1 fully saturated rings. The van der Waals surface area contributed by atoms with E-state index < -0.39 is 24.3 Å². The molecule has 1 unspecified atom stereocenters. The Bertz CT molecular complexity index is 555. The van der Waals surface area contributed by atoms with Crippen molar-refractivity contribution in [2.24, 2.45) is 0 Å². The topological polar surface area (TPSA) is 84.8 Å². The summed E-state index contributed by atoms with van der Waals surface area (Å²) in [5.41, 5.74) is 1.05. The average Bonchev–Trinajstić information content (AvgIpc) is 2.71. The third-order valence-corrected chi connectivity index (χ3v) is 4.53. The van der Waals surface area contributed by atoms with E-state index >= 15 is 0 Å². The van der Waals surface area contributed by atoms with Crippen molar-refractivity contribution in [2.75, 3.05) is 40.8 Å². The molecule has 2 rings (SSSR count). The van der Waals surface area contributed by atoms with Crippen LogP contribution < -0.4 is 0 Å². The van der Waals surface area contributed by atoms with Crippen molar-refractivity contribution in [1.82, 2.24) is 0 Å². The van der Waals surface area contributed by atoms with E-state index in [1.807, 2.05) is 44.2 Å². The van der Waals surface area contributed by atoms with Gasteiger partial charge in [0.05, 0.1) is 38.6 Å². The second-order valence-corrected chi connectivity index (χ2v) is 7.14. The third-order valence-electron chi connectivity index (χ3n) is 4.53. The van der Waals surface area contributed by atoms with Crippen molar-refractivity contribution < 1.29 is 38.3 Å². The van der Waals surface area contributed by atoms with Gasteiger partial charge in [-0.3, -0.25) is 0 Å². The van der Waals surface area contributed by atoms with Gasteiger partial charge in [-0.1, -0.05) is 30.3 Å². The summed E-state index contributed by atoms with van der Waals surface area (Å²) in [6, 6.07) is 9.83. The minimum atomic E-state index is -1.29. The van der Waals surface area contributed by atoms with Crippen LogP contribution in [0.3, 0.4) is 0 Å². The summed E-state index contributed by atoms with van der Waals surface area (Å²) < 4.78 is 39.4. The van der Waals surface area contributed by atoms with Gasteiger partial charge in [0.2, 0.25) is 12.1 Å². The van der Waals surface area contributed by atoms with Gasteiger partial charge in [-0.15, -0.1) is 0 Å². The van der Waals surface area contributed by atoms with Gasteiger partial charge in [0.15, 0.2) is 6.79 Å². The number of ether oxygens (including phenoxy) is 7. The number of methoxy groups -OCH3 is 2. The lowest BCUT2D eigenvalue weighted by Gasteiger charge is -2.46. The summed E-state index contributed by atoms with van der Waals surface area (Å²) >= 11 is 0. The standard InChI is InChI=1S/C21H34O8/c1-16(2)28-20-21(24-4,27-15-25-11-10-23-3)12-18(22)19(29-20)14-26-13-17-8-6-5-7-9-17/h5-9,16,18-20,22H,10-15H2,1-4H3/t18-,19-,20-,21?/m1/s1. The van der Waals surface area contributed by atoms with E-state index in [1.165, 1.54) is 7.11 Å². The average molecular weight is 414 g/mol. The van der Waals surface area contributed by atoms with E-state index in [0.717, 1.165) is 5.56 Å². The molecule has 1 N–H and O–H groups in total. The number of rotatable bonds is 13. The lowest BCUT2D eigenvalue weighted by Crippen LogP contribution is -2.60. The van der Waals surface area contributed by atoms with Crippen molar-refractivity contribution in [1.29, 1.82) is 0 Å². The Kier molecular flexibility index (Phi) is 10.5. The van der Waals surface area contributed by atoms with Gasteiger partial charge in [0, 0.05) is 20.6 Å². The van der Waals surface area contributed by atoms with Crippen LogP contribution in [0, 0.1) is 0 Å². The van der Waals surface area contributed by atoms with Crippen molar-refractivity contribution in [2.45, 2.75) is 57.3 Å². The maximum atomic E-state index is 10.6. The smallest absolute Gasteiger partial charge is 0.225 e. The molecule has 0 radical (unpaired) electrons. The highest BCUT2D eigenvalue weighted by atomic mass is 16.8. The molecule has 0 bridgehead atoms. The molecule has 29 heavy (non-hydrogen) atoms. The van der Waals surface area contributed by atoms with Crippen LogP contribution in [0.1, 0.15) is 25.8 Å². The fourth-order valence-electron chi connectivity index (χ4n) is 2.98. The van der Waals surface area contributed by atoms with E-state index in [2.05, 4.69) is 0 Å². The first-order valence-corrected chi connectivity index (χ1v) is 9.87. The molecule has 1 aliphatic heterocycles. The maximum absolute atomic E-state index is 10.6. The third kappa shape index (κ3) is 7.58. The molecule has 1 aliphatic rings. The second kappa shape index (κ2) is 12.6. The molecule has 166 valence electrons. The molecule has 0 aromatic heterocycles. The minimum absolute atomic E-state index is 0.0413. The van der Waals surface area contributed by atoms with Gasteiger partial charge >= 0.3 is 0 Å². The lowest BCUT2D eigenvalue weighted by atomic mass is 9.99. The highest BCUT2D eigenvalue weighted by Gasteiger charge is 2.51. The highest BCUT2D eigenvalue weighted by molar-refractivity contribution is 5.13. The zero-order chi connectivity index (χ0) is 21.1. The van der Waals surface area contributed by atoms with Crippen molar-refractivity contribution in [3.8, 4) is 0 Å². The Labute approximate surface area is 172 Å². The van der Waals surface area contributed by atoms with E-state index in [1.54, 1.807) is 7.11 Å². The molecule has 0 aliphatic carbocycles. The highest BCUT2D eigenvalue weighted by Crippen LogP contribution is 2.35. The zero-order valence-electron chi connectivity index (χ0n) is 17.7. The molecule has 1 heterocycles. The molecule has 0 spiro atoms. The molecule has 4 atom stereocenters. The Morgan fingerprint density at radius 3 is 2.55 bits per heavy atom. The van der Waals surface area contributed by atoms with Crippen molar-refractivity contribution in [3.05, 3.63) is 35.9 Å². The lowest BCUT2D eigenvalue weighted by molar-refractivity contribution is -0.408. The molecule has 0 saturated carbocycles. The summed E-state index contributed by atoms with van der Waals surface area (Å²) in [5.74, 6) is -1.29. The molecule has 8 heteroatoms.